The van der Waals surface area contributed by atoms with Crippen molar-refractivity contribution in [2.75, 3.05) is 0 Å². The van der Waals surface area contributed by atoms with E-state index < -0.39 is 0 Å². The van der Waals surface area contributed by atoms with E-state index in [1.165, 1.54) is 54.6 Å². The lowest BCUT2D eigenvalue weighted by molar-refractivity contribution is 1.21. The first-order valence-corrected chi connectivity index (χ1v) is 17.4. The zero-order chi connectivity index (χ0) is 34.1. The van der Waals surface area contributed by atoms with Gasteiger partial charge in [-0.2, -0.15) is 0 Å². The van der Waals surface area contributed by atoms with Crippen molar-refractivity contribution >= 4 is 71.9 Å². The molecule has 0 amide bonds. The van der Waals surface area contributed by atoms with E-state index in [-0.39, 0.29) is 0 Å². The maximum atomic E-state index is 5.18. The first-order valence-electron chi connectivity index (χ1n) is 17.4. The summed E-state index contributed by atoms with van der Waals surface area (Å²) in [6, 6.07) is 57.1. The van der Waals surface area contributed by atoms with Crippen molar-refractivity contribution < 1.29 is 0 Å². The highest BCUT2D eigenvalue weighted by Gasteiger charge is 2.18. The highest BCUT2D eigenvalue weighted by Crippen LogP contribution is 2.44. The van der Waals surface area contributed by atoms with Gasteiger partial charge in [0.05, 0.1) is 16.7 Å². The van der Waals surface area contributed by atoms with Gasteiger partial charge in [-0.1, -0.05) is 159 Å². The van der Waals surface area contributed by atoms with Gasteiger partial charge >= 0.3 is 0 Å². The number of imidazole rings is 1. The minimum absolute atomic E-state index is 0.930. The second-order valence-corrected chi connectivity index (χ2v) is 13.2. The normalized spacial score (nSPS) is 11.7. The van der Waals surface area contributed by atoms with E-state index in [0.29, 0.717) is 0 Å². The molecule has 0 aliphatic carbocycles. The summed E-state index contributed by atoms with van der Waals surface area (Å²) in [6.07, 6.45) is 3.83. The van der Waals surface area contributed by atoms with Gasteiger partial charge in [-0.3, -0.25) is 4.40 Å². The van der Waals surface area contributed by atoms with Crippen LogP contribution in [0.4, 0.5) is 0 Å². The molecule has 0 N–H and O–H groups in total. The van der Waals surface area contributed by atoms with Crippen LogP contribution >= 0.6 is 0 Å². The molecule has 0 bridgehead atoms. The fourth-order valence-electron chi connectivity index (χ4n) is 8.20. The summed E-state index contributed by atoms with van der Waals surface area (Å²) in [6.45, 7) is 8.28. The number of nitrogens with zero attached hydrogens (tertiary/aromatic N) is 2. The first kappa shape index (κ1) is 29.2. The molecule has 0 saturated heterocycles. The molecule has 8 aromatic carbocycles. The molecule has 0 saturated carbocycles. The molecular formula is C49H32N2. The Morgan fingerprint density at radius 1 is 0.431 bits per heavy atom. The summed E-state index contributed by atoms with van der Waals surface area (Å²) in [7, 11) is 0. The van der Waals surface area contributed by atoms with Gasteiger partial charge in [0.1, 0.15) is 5.65 Å². The number of pyridine rings is 1. The van der Waals surface area contributed by atoms with Crippen molar-refractivity contribution in [1.82, 2.24) is 9.38 Å². The van der Waals surface area contributed by atoms with Crippen LogP contribution in [0.1, 0.15) is 11.3 Å². The van der Waals surface area contributed by atoms with Crippen molar-refractivity contribution in [3.05, 3.63) is 182 Å². The molecule has 0 aliphatic rings. The molecule has 0 spiro atoms. The molecule has 2 nitrogen and oxygen atoms in total. The topological polar surface area (TPSA) is 17.3 Å². The van der Waals surface area contributed by atoms with Gasteiger partial charge in [-0.05, 0) is 95.4 Å². The Morgan fingerprint density at radius 3 is 1.61 bits per heavy atom. The van der Waals surface area contributed by atoms with E-state index in [4.69, 9.17) is 4.98 Å². The fraction of sp³-hybridized carbons (Fsp3) is 0. The van der Waals surface area contributed by atoms with E-state index in [1.807, 2.05) is 12.2 Å². The van der Waals surface area contributed by atoms with Gasteiger partial charge in [-0.25, -0.2) is 4.98 Å². The Balaban J connectivity index is 1.12. The lowest BCUT2D eigenvalue weighted by Gasteiger charge is -2.18. The molecule has 2 aromatic heterocycles. The number of rotatable bonds is 5. The lowest BCUT2D eigenvalue weighted by Crippen LogP contribution is -1.97. The van der Waals surface area contributed by atoms with Crippen LogP contribution < -0.4 is 0 Å². The molecular weight excluding hydrogens is 617 g/mol. The van der Waals surface area contributed by atoms with Crippen molar-refractivity contribution in [2.45, 2.75) is 0 Å². The molecule has 10 aromatic rings. The minimum Gasteiger partial charge on any atom is -0.292 e. The SMILES string of the molecule is C=Cc1c(C=C)n2c3ccc(-c4ccc(-c5c6ccccc6c(-c6ccc7ccccc7c6)c6ccccc56)cc4)cc3nc2c2ccccc12. The number of benzene rings is 8. The zero-order valence-electron chi connectivity index (χ0n) is 28.0. The average Bonchev–Trinajstić information content (AvgIpc) is 3.58. The first-order chi connectivity index (χ1) is 25.2. The van der Waals surface area contributed by atoms with Gasteiger partial charge < -0.3 is 0 Å². The average molecular weight is 649 g/mol. The van der Waals surface area contributed by atoms with Gasteiger partial charge in [0.2, 0.25) is 0 Å². The molecule has 0 aliphatic heterocycles. The molecule has 238 valence electrons. The van der Waals surface area contributed by atoms with Crippen LogP contribution in [-0.4, -0.2) is 9.38 Å². The van der Waals surface area contributed by atoms with Crippen LogP contribution in [0.5, 0.6) is 0 Å². The zero-order valence-corrected chi connectivity index (χ0v) is 28.0. The predicted octanol–water partition coefficient (Wildman–Crippen LogP) is 13.4. The van der Waals surface area contributed by atoms with E-state index >= 15 is 0 Å². The third-order valence-corrected chi connectivity index (χ3v) is 10.5. The van der Waals surface area contributed by atoms with Crippen LogP contribution in [0.25, 0.3) is 105 Å². The Kier molecular flexibility index (Phi) is 6.52. The maximum Gasteiger partial charge on any atom is 0.146 e. The Bertz CT molecular complexity index is 2990. The maximum absolute atomic E-state index is 5.18. The van der Waals surface area contributed by atoms with Crippen molar-refractivity contribution in [2.24, 2.45) is 0 Å². The van der Waals surface area contributed by atoms with Crippen LogP contribution in [0, 0.1) is 0 Å². The minimum atomic E-state index is 0.930. The molecule has 2 heterocycles. The molecule has 10 rings (SSSR count). The van der Waals surface area contributed by atoms with Crippen LogP contribution in [0.3, 0.4) is 0 Å². The molecule has 2 heteroatoms. The van der Waals surface area contributed by atoms with Gasteiger partial charge in [0.25, 0.3) is 0 Å². The summed E-state index contributed by atoms with van der Waals surface area (Å²) >= 11 is 0. The summed E-state index contributed by atoms with van der Waals surface area (Å²) in [5.74, 6) is 0. The van der Waals surface area contributed by atoms with Crippen molar-refractivity contribution in [3.8, 4) is 33.4 Å². The van der Waals surface area contributed by atoms with E-state index in [9.17, 15) is 0 Å². The fourth-order valence-corrected chi connectivity index (χ4v) is 8.20. The second-order valence-electron chi connectivity index (χ2n) is 13.2. The van der Waals surface area contributed by atoms with Crippen LogP contribution in [-0.2, 0) is 0 Å². The van der Waals surface area contributed by atoms with Gasteiger partial charge in [0, 0.05) is 10.9 Å². The number of hydrogen-bond donors (Lipinski definition) is 0. The highest BCUT2D eigenvalue weighted by molar-refractivity contribution is 6.21. The Labute approximate surface area is 295 Å². The summed E-state index contributed by atoms with van der Waals surface area (Å²) in [5, 5.41) is 9.76. The van der Waals surface area contributed by atoms with Crippen molar-refractivity contribution in [3.63, 3.8) is 0 Å². The number of aromatic nitrogens is 2. The number of fused-ring (bicyclic) bond motifs is 8. The Hall–Kier alpha value is -6.77. The summed E-state index contributed by atoms with van der Waals surface area (Å²) in [5.41, 5.74) is 12.3. The highest BCUT2D eigenvalue weighted by atomic mass is 15.0. The molecule has 0 unspecified atom stereocenters. The van der Waals surface area contributed by atoms with Crippen LogP contribution in [0.2, 0.25) is 0 Å². The van der Waals surface area contributed by atoms with Gasteiger partial charge in [0.15, 0.2) is 0 Å². The van der Waals surface area contributed by atoms with Crippen molar-refractivity contribution in [1.29, 1.82) is 0 Å². The third-order valence-electron chi connectivity index (χ3n) is 10.5. The largest absolute Gasteiger partial charge is 0.292 e. The molecule has 0 fully saturated rings. The predicted molar refractivity (Wildman–Crippen MR) is 219 cm³/mol. The quantitative estimate of drug-likeness (QED) is 0.170. The van der Waals surface area contributed by atoms with E-state index in [1.54, 1.807) is 0 Å². The molecule has 0 radical (unpaired) electrons. The van der Waals surface area contributed by atoms with E-state index in [0.717, 1.165) is 49.8 Å². The standard InChI is InChI=1S/C49H32N2/c1-3-37-38-15-7-12-20-43(38)49-50-44-30-35(27-28-46(44)51(49)45(37)4-2)32-21-24-33(25-22-32)47-39-16-8-10-18-41(39)48(42-19-11-9-17-40(42)47)36-26-23-31-13-5-6-14-34(31)29-36/h3-30H,1-2H2. The van der Waals surface area contributed by atoms with Crippen LogP contribution in [0.15, 0.2) is 171 Å². The summed E-state index contributed by atoms with van der Waals surface area (Å²) < 4.78 is 2.21. The summed E-state index contributed by atoms with van der Waals surface area (Å²) in [4.78, 5) is 5.18. The Morgan fingerprint density at radius 2 is 0.961 bits per heavy atom. The lowest BCUT2D eigenvalue weighted by atomic mass is 9.85. The molecule has 51 heavy (non-hydrogen) atoms. The third kappa shape index (κ3) is 4.40. The smallest absolute Gasteiger partial charge is 0.146 e. The van der Waals surface area contributed by atoms with Gasteiger partial charge in [-0.15, -0.1) is 0 Å². The van der Waals surface area contributed by atoms with E-state index in [2.05, 4.69) is 175 Å². The second kappa shape index (κ2) is 11.4. The molecule has 0 atom stereocenters. The monoisotopic (exact) mass is 648 g/mol. The number of hydrogen-bond acceptors (Lipinski definition) is 1.